The molecule has 0 spiro atoms. The van der Waals surface area contributed by atoms with Gasteiger partial charge in [-0.3, -0.25) is 9.59 Å². The van der Waals surface area contributed by atoms with Gasteiger partial charge in [0.05, 0.1) is 6.04 Å². The summed E-state index contributed by atoms with van der Waals surface area (Å²) in [6.07, 6.45) is 1.14. The summed E-state index contributed by atoms with van der Waals surface area (Å²) in [5.74, 6) is -0.957. The van der Waals surface area contributed by atoms with Gasteiger partial charge in [0.2, 0.25) is 11.8 Å². The average molecular weight is 382 g/mol. The van der Waals surface area contributed by atoms with E-state index in [1.54, 1.807) is 11.9 Å². The van der Waals surface area contributed by atoms with Crippen molar-refractivity contribution in [3.63, 3.8) is 0 Å². The second-order valence-corrected chi connectivity index (χ2v) is 7.53. The Morgan fingerprint density at radius 3 is 1.82 bits per heavy atom. The van der Waals surface area contributed by atoms with Crippen LogP contribution in [-0.4, -0.2) is 35.8 Å². The van der Waals surface area contributed by atoms with Crippen molar-refractivity contribution in [2.24, 2.45) is 23.3 Å². The Balaban J connectivity index is 2.13. The minimum absolute atomic E-state index is 0.0993. The number of carbonyl (C=O) groups is 2. The molecule has 5 nitrogen and oxygen atoms in total. The Hall–Kier alpha value is -2.66. The van der Waals surface area contributed by atoms with Crippen LogP contribution in [0.3, 0.4) is 0 Å². The van der Waals surface area contributed by atoms with Crippen LogP contribution in [0.4, 0.5) is 0 Å². The van der Waals surface area contributed by atoms with Gasteiger partial charge in [0.15, 0.2) is 0 Å². The Bertz CT molecular complexity index is 764. The summed E-state index contributed by atoms with van der Waals surface area (Å²) in [6.45, 7) is 3.79. The van der Waals surface area contributed by atoms with Crippen LogP contribution in [0.2, 0.25) is 0 Å². The van der Waals surface area contributed by atoms with Gasteiger partial charge >= 0.3 is 0 Å². The quantitative estimate of drug-likeness (QED) is 0.699. The molecule has 0 bridgehead atoms. The molecule has 0 aliphatic rings. The molecule has 2 aromatic rings. The molecular weight excluding hydrogens is 350 g/mol. The molecule has 4 unspecified atom stereocenters. The minimum atomic E-state index is -0.629. The van der Waals surface area contributed by atoms with Gasteiger partial charge in [0.25, 0.3) is 0 Å². The molecule has 0 aliphatic carbocycles. The zero-order chi connectivity index (χ0) is 20.7. The predicted molar refractivity (Wildman–Crippen MR) is 112 cm³/mol. The number of carbonyl (C=O) groups excluding carboxylic acids is 2. The summed E-state index contributed by atoms with van der Waals surface area (Å²) in [5.41, 5.74) is 13.9. The van der Waals surface area contributed by atoms with Gasteiger partial charge < -0.3 is 16.4 Å². The van der Waals surface area contributed by atoms with Crippen LogP contribution in [0.1, 0.15) is 25.0 Å². The van der Waals surface area contributed by atoms with Gasteiger partial charge in [-0.2, -0.15) is 0 Å². The highest BCUT2D eigenvalue weighted by Crippen LogP contribution is 2.25. The maximum Gasteiger partial charge on any atom is 0.239 e. The molecule has 0 fully saturated rings. The molecule has 0 saturated carbocycles. The maximum atomic E-state index is 12.9. The normalized spacial score (nSPS) is 15.3. The molecule has 28 heavy (non-hydrogen) atoms. The second-order valence-electron chi connectivity index (χ2n) is 7.53. The lowest BCUT2D eigenvalue weighted by molar-refractivity contribution is -0.136. The van der Waals surface area contributed by atoms with E-state index >= 15 is 0 Å². The lowest BCUT2D eigenvalue weighted by Gasteiger charge is -2.36. The van der Waals surface area contributed by atoms with Crippen molar-refractivity contribution in [3.8, 4) is 0 Å². The lowest BCUT2D eigenvalue weighted by Crippen LogP contribution is -2.51. The largest absolute Gasteiger partial charge is 0.369 e. The van der Waals surface area contributed by atoms with E-state index in [1.165, 1.54) is 0 Å². The van der Waals surface area contributed by atoms with Crippen molar-refractivity contribution in [2.45, 2.75) is 38.8 Å². The maximum absolute atomic E-state index is 12.9. The highest BCUT2D eigenvalue weighted by Gasteiger charge is 2.33. The molecule has 2 aromatic carbocycles. The van der Waals surface area contributed by atoms with E-state index in [1.807, 2.05) is 74.5 Å². The number of primary amides is 1. The van der Waals surface area contributed by atoms with Crippen LogP contribution in [0.5, 0.6) is 0 Å². The second kappa shape index (κ2) is 10.0. The van der Waals surface area contributed by atoms with Crippen molar-refractivity contribution >= 4 is 11.8 Å². The highest BCUT2D eigenvalue weighted by atomic mass is 16.2. The topological polar surface area (TPSA) is 89.4 Å². The summed E-state index contributed by atoms with van der Waals surface area (Å²) < 4.78 is 0. The van der Waals surface area contributed by atoms with Crippen LogP contribution in [0, 0.1) is 11.8 Å². The van der Waals surface area contributed by atoms with Crippen molar-refractivity contribution in [1.29, 1.82) is 0 Å². The number of nitrogens with two attached hydrogens (primary N) is 2. The van der Waals surface area contributed by atoms with E-state index in [4.69, 9.17) is 11.5 Å². The summed E-state index contributed by atoms with van der Waals surface area (Å²) in [5, 5.41) is 0. The molecule has 2 amide bonds. The number of hydrogen-bond acceptors (Lipinski definition) is 3. The molecular formula is C23H31N3O2. The standard InChI is InChI=1S/C23H31N3O2/c1-16(22(25)27)20(14-18-10-6-4-7-11-18)17(2)26(3)23(28)21(24)15-19-12-8-5-9-13-19/h4-13,16-17,20-21H,14-15,24H2,1-3H3,(H2,25,27). The van der Waals surface area contributed by atoms with Crippen LogP contribution in [-0.2, 0) is 22.4 Å². The van der Waals surface area contributed by atoms with E-state index in [2.05, 4.69) is 0 Å². The van der Waals surface area contributed by atoms with Crippen LogP contribution < -0.4 is 11.5 Å². The van der Waals surface area contributed by atoms with Gasteiger partial charge in [-0.05, 0) is 36.8 Å². The Morgan fingerprint density at radius 2 is 1.36 bits per heavy atom. The average Bonchev–Trinajstić information content (AvgIpc) is 2.71. The van der Waals surface area contributed by atoms with Crippen molar-refractivity contribution in [3.05, 3.63) is 71.8 Å². The SMILES string of the molecule is CC(C(N)=O)C(Cc1ccccc1)C(C)N(C)C(=O)C(N)Cc1ccccc1. The minimum Gasteiger partial charge on any atom is -0.369 e. The van der Waals surface area contributed by atoms with E-state index in [0.717, 1.165) is 11.1 Å². The first-order chi connectivity index (χ1) is 13.3. The Morgan fingerprint density at radius 1 is 0.893 bits per heavy atom. The first-order valence-electron chi connectivity index (χ1n) is 9.70. The van der Waals surface area contributed by atoms with E-state index in [9.17, 15) is 9.59 Å². The van der Waals surface area contributed by atoms with E-state index < -0.39 is 6.04 Å². The lowest BCUT2D eigenvalue weighted by atomic mass is 9.81. The third-order valence-electron chi connectivity index (χ3n) is 5.60. The van der Waals surface area contributed by atoms with Gasteiger partial charge in [-0.25, -0.2) is 0 Å². The number of benzene rings is 2. The van der Waals surface area contributed by atoms with Gasteiger partial charge in [0.1, 0.15) is 0 Å². The van der Waals surface area contributed by atoms with Crippen LogP contribution in [0.25, 0.3) is 0 Å². The monoisotopic (exact) mass is 381 g/mol. The molecule has 0 aliphatic heterocycles. The van der Waals surface area contributed by atoms with Gasteiger partial charge in [-0.1, -0.05) is 67.6 Å². The van der Waals surface area contributed by atoms with Crippen molar-refractivity contribution in [1.82, 2.24) is 4.90 Å². The molecule has 4 N–H and O–H groups in total. The number of hydrogen-bond donors (Lipinski definition) is 2. The molecule has 0 aromatic heterocycles. The number of rotatable bonds is 9. The summed E-state index contributed by atoms with van der Waals surface area (Å²) in [6, 6.07) is 18.9. The fraction of sp³-hybridized carbons (Fsp3) is 0.391. The van der Waals surface area contributed by atoms with E-state index in [0.29, 0.717) is 12.8 Å². The fourth-order valence-corrected chi connectivity index (χ4v) is 3.57. The molecule has 0 saturated heterocycles. The van der Waals surface area contributed by atoms with Gasteiger partial charge in [-0.15, -0.1) is 0 Å². The summed E-state index contributed by atoms with van der Waals surface area (Å²) in [7, 11) is 1.75. The third-order valence-corrected chi connectivity index (χ3v) is 5.60. The molecule has 0 heterocycles. The molecule has 5 heteroatoms. The Labute approximate surface area is 167 Å². The predicted octanol–water partition coefficient (Wildman–Crippen LogP) is 2.38. The van der Waals surface area contributed by atoms with Crippen molar-refractivity contribution < 1.29 is 9.59 Å². The number of nitrogens with zero attached hydrogens (tertiary/aromatic N) is 1. The summed E-state index contributed by atoms with van der Waals surface area (Å²) >= 11 is 0. The Kier molecular flexibility index (Phi) is 7.76. The smallest absolute Gasteiger partial charge is 0.239 e. The molecule has 4 atom stereocenters. The van der Waals surface area contributed by atoms with Crippen LogP contribution in [0.15, 0.2) is 60.7 Å². The van der Waals surface area contributed by atoms with Crippen LogP contribution >= 0.6 is 0 Å². The molecule has 150 valence electrons. The van der Waals surface area contributed by atoms with E-state index in [-0.39, 0.29) is 29.7 Å². The fourth-order valence-electron chi connectivity index (χ4n) is 3.57. The first-order valence-corrected chi connectivity index (χ1v) is 9.70. The summed E-state index contributed by atoms with van der Waals surface area (Å²) in [4.78, 5) is 26.5. The zero-order valence-electron chi connectivity index (χ0n) is 16.9. The number of amides is 2. The third kappa shape index (κ3) is 5.67. The number of likely N-dealkylation sites (N-methyl/N-ethyl adjacent to an activating group) is 1. The molecule has 2 rings (SSSR count). The van der Waals surface area contributed by atoms with Crippen molar-refractivity contribution in [2.75, 3.05) is 7.05 Å². The highest BCUT2D eigenvalue weighted by molar-refractivity contribution is 5.82. The first kappa shape index (κ1) is 21.6. The zero-order valence-corrected chi connectivity index (χ0v) is 16.9. The molecule has 0 radical (unpaired) electrons. The van der Waals surface area contributed by atoms with Gasteiger partial charge in [0, 0.05) is 19.0 Å².